The molecule has 0 bridgehead atoms. The van der Waals surface area contributed by atoms with Crippen LogP contribution in [-0.4, -0.2) is 43.7 Å². The van der Waals surface area contributed by atoms with Crippen LogP contribution < -0.4 is 0 Å². The summed E-state index contributed by atoms with van der Waals surface area (Å²) in [6.07, 6.45) is 1.14. The maximum Gasteiger partial charge on any atom is 0.252 e. The van der Waals surface area contributed by atoms with Gasteiger partial charge in [-0.2, -0.15) is 4.31 Å². The van der Waals surface area contributed by atoms with Crippen LogP contribution in [-0.2, 0) is 21.4 Å². The lowest BCUT2D eigenvalue weighted by atomic mass is 9.96. The van der Waals surface area contributed by atoms with Crippen LogP contribution in [0.15, 0.2) is 37.6 Å². The van der Waals surface area contributed by atoms with E-state index in [2.05, 4.69) is 15.9 Å². The highest BCUT2D eigenvalue weighted by Crippen LogP contribution is 2.31. The molecule has 1 fully saturated rings. The second-order valence-corrected chi connectivity index (χ2v) is 11.7. The first-order valence-corrected chi connectivity index (χ1v) is 11.8. The number of sulfonamides is 1. The molecule has 25 heavy (non-hydrogen) atoms. The van der Waals surface area contributed by atoms with Crippen molar-refractivity contribution < 1.29 is 13.2 Å². The molecule has 0 saturated carbocycles. The zero-order valence-corrected chi connectivity index (χ0v) is 17.8. The maximum absolute atomic E-state index is 12.6. The first-order chi connectivity index (χ1) is 11.9. The van der Waals surface area contributed by atoms with E-state index in [9.17, 15) is 13.2 Å². The van der Waals surface area contributed by atoms with Crippen molar-refractivity contribution >= 4 is 54.5 Å². The Bertz CT molecular complexity index is 825. The SMILES string of the molecule is CN(Cc1cccs1)C(=O)C1CCN(S(=O)(=O)c2ccc(Br)s2)CC1. The van der Waals surface area contributed by atoms with Crippen LogP contribution >= 0.6 is 38.6 Å². The Kier molecular flexibility index (Phi) is 5.99. The number of amides is 1. The quantitative estimate of drug-likeness (QED) is 0.681. The highest BCUT2D eigenvalue weighted by atomic mass is 79.9. The molecule has 0 unspecified atom stereocenters. The lowest BCUT2D eigenvalue weighted by Gasteiger charge is -2.32. The van der Waals surface area contributed by atoms with E-state index in [1.165, 1.54) is 15.6 Å². The number of carbonyl (C=O) groups is 1. The Morgan fingerprint density at radius 2 is 2.04 bits per heavy atom. The molecule has 2 aromatic heterocycles. The lowest BCUT2D eigenvalue weighted by Crippen LogP contribution is -2.43. The zero-order chi connectivity index (χ0) is 18.0. The van der Waals surface area contributed by atoms with Crippen molar-refractivity contribution in [3.8, 4) is 0 Å². The summed E-state index contributed by atoms with van der Waals surface area (Å²) in [7, 11) is -1.64. The van der Waals surface area contributed by atoms with Gasteiger partial charge in [-0.15, -0.1) is 22.7 Å². The molecular formula is C16H19BrN2O3S3. The van der Waals surface area contributed by atoms with Gasteiger partial charge in [0, 0.05) is 30.9 Å². The molecule has 5 nitrogen and oxygen atoms in total. The van der Waals surface area contributed by atoms with E-state index in [1.54, 1.807) is 28.4 Å². The summed E-state index contributed by atoms with van der Waals surface area (Å²) in [6.45, 7) is 1.39. The van der Waals surface area contributed by atoms with Gasteiger partial charge < -0.3 is 4.90 Å². The minimum atomic E-state index is -3.45. The Balaban J connectivity index is 1.58. The van der Waals surface area contributed by atoms with E-state index in [0.717, 1.165) is 8.66 Å². The summed E-state index contributed by atoms with van der Waals surface area (Å²) in [6, 6.07) is 7.36. The Morgan fingerprint density at radius 3 is 2.60 bits per heavy atom. The first-order valence-electron chi connectivity index (χ1n) is 7.91. The predicted molar refractivity (Wildman–Crippen MR) is 104 cm³/mol. The Hall–Kier alpha value is -0.740. The van der Waals surface area contributed by atoms with Crippen LogP contribution in [0.5, 0.6) is 0 Å². The molecule has 1 saturated heterocycles. The van der Waals surface area contributed by atoms with Crippen molar-refractivity contribution in [3.05, 3.63) is 38.3 Å². The molecule has 3 rings (SSSR count). The average Bonchev–Trinajstić information content (AvgIpc) is 3.26. The number of piperidine rings is 1. The van der Waals surface area contributed by atoms with Gasteiger partial charge in [-0.1, -0.05) is 6.07 Å². The fourth-order valence-corrected chi connectivity index (χ4v) is 7.32. The van der Waals surface area contributed by atoms with Crippen LogP contribution in [0.2, 0.25) is 0 Å². The van der Waals surface area contributed by atoms with Crippen LogP contribution in [0, 0.1) is 5.92 Å². The summed E-state index contributed by atoms with van der Waals surface area (Å²) in [5, 5.41) is 2.00. The Labute approximate surface area is 164 Å². The van der Waals surface area contributed by atoms with Crippen molar-refractivity contribution in [2.45, 2.75) is 23.6 Å². The van der Waals surface area contributed by atoms with Gasteiger partial charge in [0.2, 0.25) is 5.91 Å². The lowest BCUT2D eigenvalue weighted by molar-refractivity contribution is -0.135. The largest absolute Gasteiger partial charge is 0.340 e. The van der Waals surface area contributed by atoms with Gasteiger partial charge in [0.25, 0.3) is 10.0 Å². The maximum atomic E-state index is 12.6. The van der Waals surface area contributed by atoms with Crippen molar-refractivity contribution in [1.82, 2.24) is 9.21 Å². The topological polar surface area (TPSA) is 57.7 Å². The van der Waals surface area contributed by atoms with Gasteiger partial charge in [-0.3, -0.25) is 4.79 Å². The monoisotopic (exact) mass is 462 g/mol. The standard InChI is InChI=1S/C16H19BrN2O3S3/c1-18(11-13-3-2-10-23-13)16(20)12-6-8-19(9-7-12)25(21,22)15-5-4-14(17)24-15/h2-5,10,12H,6-9,11H2,1H3. The second kappa shape index (κ2) is 7.87. The molecule has 0 aliphatic carbocycles. The van der Waals surface area contributed by atoms with Gasteiger partial charge in [-0.25, -0.2) is 8.42 Å². The highest BCUT2D eigenvalue weighted by Gasteiger charge is 2.33. The van der Waals surface area contributed by atoms with Gasteiger partial charge in [0.1, 0.15) is 4.21 Å². The van der Waals surface area contributed by atoms with Crippen LogP contribution in [0.3, 0.4) is 0 Å². The second-order valence-electron chi connectivity index (χ2n) is 6.01. The van der Waals surface area contributed by atoms with Crippen molar-refractivity contribution in [2.24, 2.45) is 5.92 Å². The fourth-order valence-electron chi connectivity index (χ4n) is 2.93. The summed E-state index contributed by atoms with van der Waals surface area (Å²) in [5.74, 6) is -0.00389. The van der Waals surface area contributed by atoms with E-state index in [0.29, 0.717) is 36.7 Å². The third-order valence-corrected chi connectivity index (χ3v) is 9.15. The van der Waals surface area contributed by atoms with Crippen LogP contribution in [0.25, 0.3) is 0 Å². The molecule has 136 valence electrons. The van der Waals surface area contributed by atoms with Crippen molar-refractivity contribution in [3.63, 3.8) is 0 Å². The molecular weight excluding hydrogens is 444 g/mol. The van der Waals surface area contributed by atoms with E-state index in [1.807, 2.05) is 24.6 Å². The summed E-state index contributed by atoms with van der Waals surface area (Å²) in [4.78, 5) is 15.5. The smallest absolute Gasteiger partial charge is 0.252 e. The summed E-state index contributed by atoms with van der Waals surface area (Å²) >= 11 is 6.15. The minimum absolute atomic E-state index is 0.101. The number of hydrogen-bond donors (Lipinski definition) is 0. The third-order valence-electron chi connectivity index (χ3n) is 4.30. The van der Waals surface area contributed by atoms with Gasteiger partial charge in [-0.05, 0) is 52.4 Å². The van der Waals surface area contributed by atoms with E-state index in [4.69, 9.17) is 0 Å². The third kappa shape index (κ3) is 4.33. The summed E-state index contributed by atoms with van der Waals surface area (Å²) < 4.78 is 27.9. The molecule has 0 aromatic carbocycles. The van der Waals surface area contributed by atoms with Gasteiger partial charge >= 0.3 is 0 Å². The molecule has 1 aliphatic rings. The molecule has 0 N–H and O–H groups in total. The van der Waals surface area contributed by atoms with Crippen molar-refractivity contribution in [1.29, 1.82) is 0 Å². The van der Waals surface area contributed by atoms with E-state index < -0.39 is 10.0 Å². The molecule has 9 heteroatoms. The van der Waals surface area contributed by atoms with Crippen LogP contribution in [0.1, 0.15) is 17.7 Å². The average molecular weight is 463 g/mol. The molecule has 2 aromatic rings. The predicted octanol–water partition coefficient (Wildman–Crippen LogP) is 3.63. The molecule has 1 amide bonds. The van der Waals surface area contributed by atoms with Gasteiger partial charge in [0.15, 0.2) is 0 Å². The highest BCUT2D eigenvalue weighted by molar-refractivity contribution is 9.11. The number of nitrogens with zero attached hydrogens (tertiary/aromatic N) is 2. The number of rotatable bonds is 5. The normalized spacial score (nSPS) is 16.9. The molecule has 1 aliphatic heterocycles. The molecule has 0 atom stereocenters. The fraction of sp³-hybridized carbons (Fsp3) is 0.438. The van der Waals surface area contributed by atoms with Crippen LogP contribution in [0.4, 0.5) is 0 Å². The molecule has 0 radical (unpaired) electrons. The first kappa shape index (κ1) is 19.0. The Morgan fingerprint density at radius 1 is 1.32 bits per heavy atom. The number of hydrogen-bond acceptors (Lipinski definition) is 5. The minimum Gasteiger partial charge on any atom is -0.340 e. The number of halogens is 1. The zero-order valence-electron chi connectivity index (χ0n) is 13.7. The number of thiophene rings is 2. The van der Waals surface area contributed by atoms with Gasteiger partial charge in [0.05, 0.1) is 10.3 Å². The number of carbonyl (C=O) groups excluding carboxylic acids is 1. The van der Waals surface area contributed by atoms with Crippen molar-refractivity contribution in [2.75, 3.05) is 20.1 Å². The van der Waals surface area contributed by atoms with E-state index in [-0.39, 0.29) is 11.8 Å². The summed E-state index contributed by atoms with van der Waals surface area (Å²) in [5.41, 5.74) is 0. The van der Waals surface area contributed by atoms with E-state index >= 15 is 0 Å². The molecule has 0 spiro atoms. The molecule has 3 heterocycles.